The zero-order valence-electron chi connectivity index (χ0n) is 11.8. The van der Waals surface area contributed by atoms with Crippen LogP contribution in [0.15, 0.2) is 53.4 Å². The summed E-state index contributed by atoms with van der Waals surface area (Å²) in [7, 11) is 0. The highest BCUT2D eigenvalue weighted by molar-refractivity contribution is 7.99. The molecule has 0 atom stereocenters. The highest BCUT2D eigenvalue weighted by Gasteiger charge is 2.10. The summed E-state index contributed by atoms with van der Waals surface area (Å²) in [5, 5.41) is 2.98. The first kappa shape index (κ1) is 14.7. The quantitative estimate of drug-likeness (QED) is 0.840. The van der Waals surface area contributed by atoms with E-state index in [9.17, 15) is 4.79 Å². The van der Waals surface area contributed by atoms with E-state index in [0.717, 1.165) is 21.8 Å². The van der Waals surface area contributed by atoms with Crippen LogP contribution in [0, 0.1) is 6.92 Å². The number of hydrogen-bond acceptors (Lipinski definition) is 2. The van der Waals surface area contributed by atoms with E-state index in [1.165, 1.54) is 5.56 Å². The predicted molar refractivity (Wildman–Crippen MR) is 85.2 cm³/mol. The first-order chi connectivity index (χ1) is 9.70. The van der Waals surface area contributed by atoms with Gasteiger partial charge in [-0.15, -0.1) is 11.8 Å². The summed E-state index contributed by atoms with van der Waals surface area (Å²) < 4.78 is 0. The Morgan fingerprint density at radius 1 is 1.10 bits per heavy atom. The molecule has 20 heavy (non-hydrogen) atoms. The van der Waals surface area contributed by atoms with E-state index in [1.807, 2.05) is 36.4 Å². The molecule has 1 N–H and O–H groups in total. The molecule has 2 aromatic rings. The van der Waals surface area contributed by atoms with Gasteiger partial charge >= 0.3 is 0 Å². The van der Waals surface area contributed by atoms with Crippen molar-refractivity contribution in [3.05, 3.63) is 65.2 Å². The number of nitrogens with one attached hydrogen (secondary N) is 1. The van der Waals surface area contributed by atoms with Crippen molar-refractivity contribution < 1.29 is 4.79 Å². The molecule has 0 bridgehead atoms. The Hall–Kier alpha value is -1.74. The molecule has 2 rings (SSSR count). The molecule has 0 aromatic heterocycles. The standard InChI is InChI=1S/C17H19NOS/c1-3-20-16-7-5-4-6-15(16)17(19)18-12-14-10-8-13(2)9-11-14/h4-11H,3,12H2,1-2H3,(H,18,19). The second-order valence-electron chi connectivity index (χ2n) is 4.60. The average molecular weight is 285 g/mol. The van der Waals surface area contributed by atoms with Crippen LogP contribution in [0.5, 0.6) is 0 Å². The van der Waals surface area contributed by atoms with Crippen molar-refractivity contribution in [3.63, 3.8) is 0 Å². The maximum atomic E-state index is 12.3. The highest BCUT2D eigenvalue weighted by Crippen LogP contribution is 2.22. The maximum Gasteiger partial charge on any atom is 0.252 e. The van der Waals surface area contributed by atoms with Gasteiger partial charge in [0.25, 0.3) is 5.91 Å². The van der Waals surface area contributed by atoms with Crippen molar-refractivity contribution >= 4 is 17.7 Å². The van der Waals surface area contributed by atoms with Crippen molar-refractivity contribution in [2.45, 2.75) is 25.3 Å². The van der Waals surface area contributed by atoms with E-state index in [0.29, 0.717) is 6.54 Å². The SMILES string of the molecule is CCSc1ccccc1C(=O)NCc1ccc(C)cc1. The van der Waals surface area contributed by atoms with Crippen molar-refractivity contribution in [3.8, 4) is 0 Å². The maximum absolute atomic E-state index is 12.3. The second kappa shape index (κ2) is 7.15. The van der Waals surface area contributed by atoms with Gasteiger partial charge in [0.15, 0.2) is 0 Å². The summed E-state index contributed by atoms with van der Waals surface area (Å²) in [5.74, 6) is 0.949. The van der Waals surface area contributed by atoms with E-state index in [1.54, 1.807) is 11.8 Å². The monoisotopic (exact) mass is 285 g/mol. The molecule has 0 unspecified atom stereocenters. The lowest BCUT2D eigenvalue weighted by atomic mass is 10.1. The molecule has 0 aliphatic rings. The number of benzene rings is 2. The fourth-order valence-corrected chi connectivity index (χ4v) is 2.72. The Kier molecular flexibility index (Phi) is 5.24. The molecule has 0 aliphatic carbocycles. The summed E-state index contributed by atoms with van der Waals surface area (Å²) in [6, 6.07) is 15.9. The van der Waals surface area contributed by atoms with Crippen LogP contribution in [-0.4, -0.2) is 11.7 Å². The Morgan fingerprint density at radius 3 is 2.50 bits per heavy atom. The Labute approximate surface area is 124 Å². The normalized spacial score (nSPS) is 10.3. The Balaban J connectivity index is 2.03. The van der Waals surface area contributed by atoms with Crippen molar-refractivity contribution in [1.82, 2.24) is 5.32 Å². The molecule has 2 nitrogen and oxygen atoms in total. The number of carbonyl (C=O) groups excluding carboxylic acids is 1. The van der Waals surface area contributed by atoms with Crippen molar-refractivity contribution in [2.75, 3.05) is 5.75 Å². The van der Waals surface area contributed by atoms with Gasteiger partial charge in [0.2, 0.25) is 0 Å². The molecule has 0 saturated carbocycles. The second-order valence-corrected chi connectivity index (χ2v) is 5.90. The molecule has 104 valence electrons. The molecule has 0 aliphatic heterocycles. The van der Waals surface area contributed by atoms with Gasteiger partial charge in [-0.3, -0.25) is 4.79 Å². The fraction of sp³-hybridized carbons (Fsp3) is 0.235. The van der Waals surface area contributed by atoms with Crippen molar-refractivity contribution in [2.24, 2.45) is 0 Å². The van der Waals surface area contributed by atoms with Crippen LogP contribution in [0.4, 0.5) is 0 Å². The lowest BCUT2D eigenvalue weighted by Gasteiger charge is -2.09. The molecule has 0 saturated heterocycles. The van der Waals surface area contributed by atoms with E-state index in [2.05, 4.69) is 31.3 Å². The molecule has 3 heteroatoms. The van der Waals surface area contributed by atoms with Gasteiger partial charge in [-0.05, 0) is 30.4 Å². The lowest BCUT2D eigenvalue weighted by Crippen LogP contribution is -2.23. The van der Waals surface area contributed by atoms with Gasteiger partial charge in [0.05, 0.1) is 5.56 Å². The number of carbonyl (C=O) groups is 1. The van der Waals surface area contributed by atoms with Gasteiger partial charge in [-0.25, -0.2) is 0 Å². The molecular formula is C17H19NOS. The predicted octanol–water partition coefficient (Wildman–Crippen LogP) is 4.04. The highest BCUT2D eigenvalue weighted by atomic mass is 32.2. The molecule has 1 amide bonds. The van der Waals surface area contributed by atoms with Gasteiger partial charge in [-0.2, -0.15) is 0 Å². The molecule has 0 heterocycles. The van der Waals surface area contributed by atoms with Gasteiger partial charge < -0.3 is 5.32 Å². The van der Waals surface area contributed by atoms with Crippen LogP contribution in [0.3, 0.4) is 0 Å². The average Bonchev–Trinajstić information content (AvgIpc) is 2.47. The number of amides is 1. The van der Waals surface area contributed by atoms with Crippen LogP contribution in [-0.2, 0) is 6.54 Å². The molecule has 0 radical (unpaired) electrons. The summed E-state index contributed by atoms with van der Waals surface area (Å²) in [5.41, 5.74) is 3.10. The summed E-state index contributed by atoms with van der Waals surface area (Å²) >= 11 is 1.69. The third-order valence-electron chi connectivity index (χ3n) is 3.01. The van der Waals surface area contributed by atoms with Gasteiger partial charge in [0, 0.05) is 11.4 Å². The third kappa shape index (κ3) is 3.87. The lowest BCUT2D eigenvalue weighted by molar-refractivity contribution is 0.0948. The third-order valence-corrected chi connectivity index (χ3v) is 3.96. The van der Waals surface area contributed by atoms with E-state index < -0.39 is 0 Å². The molecule has 0 fully saturated rings. The van der Waals surface area contributed by atoms with Gasteiger partial charge in [0.1, 0.15) is 0 Å². The van der Waals surface area contributed by atoms with Gasteiger partial charge in [-0.1, -0.05) is 48.9 Å². The number of aryl methyl sites for hydroxylation is 1. The van der Waals surface area contributed by atoms with Crippen LogP contribution in [0.25, 0.3) is 0 Å². The van der Waals surface area contributed by atoms with Crippen LogP contribution < -0.4 is 5.32 Å². The number of hydrogen-bond donors (Lipinski definition) is 1. The zero-order valence-corrected chi connectivity index (χ0v) is 12.7. The summed E-state index contributed by atoms with van der Waals surface area (Å²) in [6.07, 6.45) is 0. The Morgan fingerprint density at radius 2 is 1.80 bits per heavy atom. The summed E-state index contributed by atoms with van der Waals surface area (Å²) in [6.45, 7) is 4.70. The molecular weight excluding hydrogens is 266 g/mol. The topological polar surface area (TPSA) is 29.1 Å². The summed E-state index contributed by atoms with van der Waals surface area (Å²) in [4.78, 5) is 13.3. The molecule has 2 aromatic carbocycles. The van der Waals surface area contributed by atoms with Crippen LogP contribution in [0.1, 0.15) is 28.4 Å². The minimum absolute atomic E-state index is 0.0119. The van der Waals surface area contributed by atoms with Crippen molar-refractivity contribution in [1.29, 1.82) is 0 Å². The zero-order chi connectivity index (χ0) is 14.4. The first-order valence-corrected chi connectivity index (χ1v) is 7.75. The Bertz CT molecular complexity index is 578. The van der Waals surface area contributed by atoms with E-state index >= 15 is 0 Å². The largest absolute Gasteiger partial charge is 0.348 e. The first-order valence-electron chi connectivity index (χ1n) is 6.76. The van der Waals surface area contributed by atoms with E-state index in [-0.39, 0.29) is 5.91 Å². The molecule has 0 spiro atoms. The van der Waals surface area contributed by atoms with Crippen LogP contribution in [0.2, 0.25) is 0 Å². The van der Waals surface area contributed by atoms with E-state index in [4.69, 9.17) is 0 Å². The number of rotatable bonds is 5. The minimum atomic E-state index is -0.0119. The minimum Gasteiger partial charge on any atom is -0.348 e. The smallest absolute Gasteiger partial charge is 0.252 e. The van der Waals surface area contributed by atoms with Crippen LogP contribution >= 0.6 is 11.8 Å². The number of thioether (sulfide) groups is 1. The fourth-order valence-electron chi connectivity index (χ4n) is 1.92.